The highest BCUT2D eigenvalue weighted by atomic mass is 19.4. The van der Waals surface area contributed by atoms with Crippen LogP contribution in [0.3, 0.4) is 0 Å². The summed E-state index contributed by atoms with van der Waals surface area (Å²) >= 11 is 0. The number of benzene rings is 5. The van der Waals surface area contributed by atoms with Crippen LogP contribution in [0.4, 0.5) is 61.5 Å². The Morgan fingerprint density at radius 2 is 0.615 bits per heavy atom. The summed E-state index contributed by atoms with van der Waals surface area (Å²) in [5.41, 5.74) is -3.51. The maximum atomic E-state index is 15.0. The van der Waals surface area contributed by atoms with Crippen LogP contribution in [-0.2, 0) is 0 Å². The fourth-order valence-corrected chi connectivity index (χ4v) is 6.67. The SMILES string of the molecule is O=C1c2ccc3c4ccc5c6c(ccc(c7ccc(c2c37)C(=O)N1C(F)(F)C(F)(F)C(F)(F)CF)c64)C(=O)N(C(F)(F)C(F)(F)C(F)(F)CF)C5=O. The zero-order valence-corrected chi connectivity index (χ0v) is 24.9. The molecule has 0 saturated carbocycles. The third kappa shape index (κ3) is 3.86. The van der Waals surface area contributed by atoms with Gasteiger partial charge in [-0.1, -0.05) is 24.3 Å². The average molecular weight is 754 g/mol. The van der Waals surface area contributed by atoms with E-state index in [9.17, 15) is 63.1 Å². The number of carbonyl (C=O) groups excluding carboxylic acids is 4. The van der Waals surface area contributed by atoms with Crippen molar-refractivity contribution in [2.45, 2.75) is 35.8 Å². The van der Waals surface area contributed by atoms with E-state index in [-0.39, 0.29) is 32.3 Å². The van der Waals surface area contributed by atoms with Gasteiger partial charge in [0.1, 0.15) is 0 Å². The number of halogens is 14. The largest absolute Gasteiger partial charge is 0.404 e. The van der Waals surface area contributed by atoms with Crippen molar-refractivity contribution in [3.05, 3.63) is 70.8 Å². The van der Waals surface area contributed by atoms with Crippen molar-refractivity contribution in [3.63, 3.8) is 0 Å². The lowest BCUT2D eigenvalue weighted by atomic mass is 9.82. The molecule has 0 aliphatic carbocycles. The Kier molecular flexibility index (Phi) is 6.88. The van der Waals surface area contributed by atoms with E-state index in [0.717, 1.165) is 48.5 Å². The number of fused-ring (bicyclic) bond motifs is 2. The molecule has 4 amide bonds. The summed E-state index contributed by atoms with van der Waals surface area (Å²) in [5.74, 6) is -33.9. The second-order valence-electron chi connectivity index (χ2n) is 11.9. The first-order valence-electron chi connectivity index (χ1n) is 14.3. The molecule has 0 atom stereocenters. The summed E-state index contributed by atoms with van der Waals surface area (Å²) in [5, 5.41) is -1.24. The maximum Gasteiger partial charge on any atom is 0.404 e. The molecule has 2 aliphatic rings. The van der Waals surface area contributed by atoms with Gasteiger partial charge in [0.05, 0.1) is 0 Å². The van der Waals surface area contributed by atoms with Gasteiger partial charge in [0.2, 0.25) is 0 Å². The van der Waals surface area contributed by atoms with Gasteiger partial charge < -0.3 is 0 Å². The van der Waals surface area contributed by atoms with Crippen molar-refractivity contribution in [3.8, 4) is 0 Å². The van der Waals surface area contributed by atoms with Crippen molar-refractivity contribution in [1.29, 1.82) is 0 Å². The molecule has 0 spiro atoms. The molecule has 5 aromatic carbocycles. The van der Waals surface area contributed by atoms with Gasteiger partial charge in [0, 0.05) is 33.0 Å². The number of hydrogen-bond donors (Lipinski definition) is 0. The second-order valence-corrected chi connectivity index (χ2v) is 11.9. The highest BCUT2D eigenvalue weighted by Crippen LogP contribution is 2.53. The summed E-state index contributed by atoms with van der Waals surface area (Å²) in [7, 11) is 0. The Bertz CT molecular complexity index is 2170. The molecule has 0 aromatic heterocycles. The topological polar surface area (TPSA) is 74.8 Å². The lowest BCUT2D eigenvalue weighted by Gasteiger charge is -2.39. The van der Waals surface area contributed by atoms with E-state index in [4.69, 9.17) is 0 Å². The van der Waals surface area contributed by atoms with Crippen molar-refractivity contribution < 1.29 is 80.6 Å². The number of hydrogen-bond acceptors (Lipinski definition) is 4. The second kappa shape index (κ2) is 10.2. The molecule has 2 aliphatic heterocycles. The molecule has 0 N–H and O–H groups in total. The van der Waals surface area contributed by atoms with Gasteiger partial charge in [-0.2, -0.15) is 52.7 Å². The van der Waals surface area contributed by atoms with Gasteiger partial charge in [-0.15, -0.1) is 0 Å². The minimum Gasteiger partial charge on any atom is -0.268 e. The van der Waals surface area contributed by atoms with Crippen molar-refractivity contribution in [2.75, 3.05) is 13.3 Å². The number of rotatable bonds is 8. The minimum atomic E-state index is -6.59. The standard InChI is InChI=1S/C32H12F14N2O4/c33-9-27(35,36)29(39,40)31(43,44)47-23(49)15-5-1-11-12-2-6-17-22-18(26(52)48(25(17)51)32(45,46)30(41,42)28(37,38)10-34)8-4-14(20(12)22)13-3-7-16(24(47)50)21(15)19(11)13/h1-8H,9-10H2. The van der Waals surface area contributed by atoms with Gasteiger partial charge in [0.25, 0.3) is 23.6 Å². The van der Waals surface area contributed by atoms with Crippen LogP contribution in [0.5, 0.6) is 0 Å². The molecule has 0 fully saturated rings. The first-order chi connectivity index (χ1) is 23.9. The van der Waals surface area contributed by atoms with Crippen LogP contribution in [0.1, 0.15) is 41.4 Å². The summed E-state index contributed by atoms with van der Waals surface area (Å²) < 4.78 is 198. The van der Waals surface area contributed by atoms with Gasteiger partial charge >= 0.3 is 35.8 Å². The first-order valence-corrected chi connectivity index (χ1v) is 14.3. The zero-order valence-electron chi connectivity index (χ0n) is 24.9. The van der Waals surface area contributed by atoms with Gasteiger partial charge in [-0.05, 0) is 56.6 Å². The normalized spacial score (nSPS) is 16.5. The lowest BCUT2D eigenvalue weighted by molar-refractivity contribution is -0.339. The zero-order chi connectivity index (χ0) is 38.5. The summed E-state index contributed by atoms with van der Waals surface area (Å²) in [6, 6.07) is -5.59. The molecular weight excluding hydrogens is 742 g/mol. The van der Waals surface area contributed by atoms with Crippen molar-refractivity contribution in [2.24, 2.45) is 0 Å². The monoisotopic (exact) mass is 754 g/mol. The molecule has 272 valence electrons. The molecule has 52 heavy (non-hydrogen) atoms. The predicted octanol–water partition coefficient (Wildman–Crippen LogP) is 8.60. The number of amides is 4. The molecule has 20 heteroatoms. The van der Waals surface area contributed by atoms with Gasteiger partial charge in [-0.25, -0.2) is 18.6 Å². The fourth-order valence-electron chi connectivity index (χ4n) is 6.67. The van der Waals surface area contributed by atoms with Crippen LogP contribution < -0.4 is 0 Å². The Morgan fingerprint density at radius 3 is 0.827 bits per heavy atom. The van der Waals surface area contributed by atoms with E-state index in [1.165, 1.54) is 0 Å². The third-order valence-corrected chi connectivity index (χ3v) is 9.21. The fraction of sp³-hybridized carbons (Fsp3) is 0.250. The quantitative estimate of drug-likeness (QED) is 0.0523. The molecule has 6 nitrogen and oxygen atoms in total. The molecule has 0 bridgehead atoms. The van der Waals surface area contributed by atoms with Crippen molar-refractivity contribution >= 4 is 66.7 Å². The predicted molar refractivity (Wildman–Crippen MR) is 150 cm³/mol. The van der Waals surface area contributed by atoms with E-state index in [1.54, 1.807) is 0 Å². The third-order valence-electron chi connectivity index (χ3n) is 9.21. The van der Waals surface area contributed by atoms with Crippen LogP contribution >= 0.6 is 0 Å². The van der Waals surface area contributed by atoms with Crippen LogP contribution in [0.15, 0.2) is 48.5 Å². The first kappa shape index (κ1) is 35.1. The highest BCUT2D eigenvalue weighted by molar-refractivity contribution is 6.41. The van der Waals surface area contributed by atoms with Crippen LogP contribution in [0, 0.1) is 0 Å². The van der Waals surface area contributed by atoms with Crippen LogP contribution in [-0.4, -0.2) is 82.6 Å². The molecular formula is C32H12F14N2O4. The van der Waals surface area contributed by atoms with Crippen molar-refractivity contribution in [1.82, 2.24) is 9.80 Å². The summed E-state index contributed by atoms with van der Waals surface area (Å²) in [6.45, 7) is -6.56. The van der Waals surface area contributed by atoms with Gasteiger partial charge in [-0.3, -0.25) is 19.2 Å². The Labute approximate surface area is 277 Å². The summed E-state index contributed by atoms with van der Waals surface area (Å²) in [6.07, 6.45) is 0. The lowest BCUT2D eigenvalue weighted by Crippen LogP contribution is -2.66. The molecule has 0 saturated heterocycles. The Morgan fingerprint density at radius 1 is 0.385 bits per heavy atom. The van der Waals surface area contributed by atoms with E-state index in [0.29, 0.717) is 0 Å². The molecule has 5 aromatic rings. The minimum absolute atomic E-state index is 0.0244. The van der Waals surface area contributed by atoms with E-state index >= 15 is 17.6 Å². The molecule has 7 rings (SSSR count). The van der Waals surface area contributed by atoms with E-state index in [1.807, 2.05) is 0 Å². The summed E-state index contributed by atoms with van der Waals surface area (Å²) in [4.78, 5) is 50.2. The number of imide groups is 2. The smallest absolute Gasteiger partial charge is 0.268 e. The molecule has 0 radical (unpaired) electrons. The van der Waals surface area contributed by atoms with Gasteiger partial charge in [0.15, 0.2) is 13.3 Å². The Hall–Kier alpha value is -5.30. The van der Waals surface area contributed by atoms with Crippen LogP contribution in [0.25, 0.3) is 43.1 Å². The number of nitrogens with zero attached hydrogens (tertiary/aromatic N) is 2. The van der Waals surface area contributed by atoms with Crippen LogP contribution in [0.2, 0.25) is 0 Å². The molecule has 2 heterocycles. The maximum absolute atomic E-state index is 15.0. The molecule has 0 unspecified atom stereocenters. The van der Waals surface area contributed by atoms with E-state index in [2.05, 4.69) is 0 Å². The Balaban J connectivity index is 1.45. The number of alkyl halides is 14. The number of carbonyl (C=O) groups is 4. The average Bonchev–Trinajstić information content (AvgIpc) is 3.08. The highest BCUT2D eigenvalue weighted by Gasteiger charge is 2.77. The van der Waals surface area contributed by atoms with E-state index < -0.39 is 116 Å².